The molecule has 1 heterocycles. The second-order valence-corrected chi connectivity index (χ2v) is 22.2. The van der Waals surface area contributed by atoms with Crippen molar-refractivity contribution in [2.45, 2.75) is 154 Å². The van der Waals surface area contributed by atoms with Gasteiger partial charge in [0.2, 0.25) is 0 Å². The van der Waals surface area contributed by atoms with Crippen LogP contribution in [0, 0.1) is 87.8 Å². The number of hydrogen-bond acceptors (Lipinski definition) is 11. The Morgan fingerprint density at radius 1 is 0.984 bits per heavy atom. The summed E-state index contributed by atoms with van der Waals surface area (Å²) in [5.74, 6) is 5.49. The lowest BCUT2D eigenvalue weighted by molar-refractivity contribution is -0.190. The second-order valence-electron chi connectivity index (χ2n) is 22.2. The molecule has 8 aliphatic rings. The molecule has 0 aromatic carbocycles. The van der Waals surface area contributed by atoms with Gasteiger partial charge < -0.3 is 47.1 Å². The Kier molecular flexibility index (Phi) is 12.6. The first-order valence-corrected chi connectivity index (χ1v) is 24.1. The van der Waals surface area contributed by atoms with E-state index in [0.717, 1.165) is 25.7 Å². The normalized spacial score (nSPS) is 47.2. The van der Waals surface area contributed by atoms with Crippen molar-refractivity contribution in [3.8, 4) is 11.8 Å². The van der Waals surface area contributed by atoms with E-state index in [1.54, 1.807) is 6.92 Å². The molecule has 8 rings (SSSR count). The van der Waals surface area contributed by atoms with Gasteiger partial charge in [-0.05, 0) is 143 Å². The Labute approximate surface area is 373 Å². The molecule has 348 valence electrons. The maximum atomic E-state index is 14.9. The molecule has 0 aromatic heterocycles. The molecule has 4 saturated carbocycles. The summed E-state index contributed by atoms with van der Waals surface area (Å²) in [7, 11) is 0. The third-order valence-corrected chi connectivity index (χ3v) is 18.5. The highest BCUT2D eigenvalue weighted by atomic mass is 16.5. The summed E-state index contributed by atoms with van der Waals surface area (Å²) in [5.41, 5.74) is 8.49. The number of ether oxygens (including phenoxy) is 1. The van der Waals surface area contributed by atoms with Gasteiger partial charge in [-0.2, -0.15) is 0 Å². The number of Topliss-reactive ketones (excluding diaryl/α,β-unsaturated/α-hetero) is 2. The minimum atomic E-state index is -1.76. The van der Waals surface area contributed by atoms with Gasteiger partial charge in [-0.3, -0.25) is 19.4 Å². The Bertz CT molecular complexity index is 1980. The number of cyclic esters (lactones) is 1. The second kappa shape index (κ2) is 17.2. The fourth-order valence-corrected chi connectivity index (χ4v) is 15.5. The Morgan fingerprint density at radius 2 is 1.75 bits per heavy atom. The van der Waals surface area contributed by atoms with Crippen LogP contribution in [0.2, 0.25) is 0 Å². The number of ketones is 2. The number of guanidine groups is 1. The van der Waals surface area contributed by atoms with Crippen molar-refractivity contribution in [1.29, 1.82) is 0 Å². The number of nitrogens with two attached hydrogens (primary N) is 2. The Morgan fingerprint density at radius 3 is 2.44 bits per heavy atom. The van der Waals surface area contributed by atoms with Crippen molar-refractivity contribution in [3.05, 3.63) is 22.9 Å². The number of carbonyl (C=O) groups excluding carboxylic acids is 3. The standard InChI is InChI=1S/C50H74N4O9/c1-26-9-10-29-11-12-33-27(2)18-40(58)48(5,61)45-31(8-6-7-30(19-35(33)34(29)17-26)32-20-41(59)63-25-32)22-50(62)42-36(13-14-49(45,50)15-16-53-46(51)52)47(4)23-39(57)38(56)21-37(47)44(60)43(42)54-24-28(3)55/h11,26-27,30-40,45,54,56-58,61-62H,8-10,12-25H2,1-5H3,(H4,51,52,53)/t26-,27+,30-,31-,32+,33-,34+,35+,36-,37-,38+,39-,40+,45+,47+,48-,49-,50+/m0/s1. The van der Waals surface area contributed by atoms with Crippen LogP contribution in [0.25, 0.3) is 0 Å². The van der Waals surface area contributed by atoms with E-state index in [9.17, 15) is 39.9 Å². The first-order chi connectivity index (χ1) is 29.7. The molecule has 13 heteroatoms. The number of nitrogens with one attached hydrogen (secondary N) is 1. The van der Waals surface area contributed by atoms with Crippen LogP contribution in [0.4, 0.5) is 0 Å². The lowest BCUT2D eigenvalue weighted by Gasteiger charge is -2.62. The van der Waals surface area contributed by atoms with Crippen LogP contribution in [0.1, 0.15) is 125 Å². The third kappa shape index (κ3) is 7.89. The van der Waals surface area contributed by atoms with Gasteiger partial charge in [0.05, 0.1) is 54.8 Å². The minimum absolute atomic E-state index is 0.0143. The quantitative estimate of drug-likeness (QED) is 0.0602. The molecular formula is C50H74N4O9. The van der Waals surface area contributed by atoms with Crippen LogP contribution >= 0.6 is 0 Å². The molecule has 7 aliphatic carbocycles. The van der Waals surface area contributed by atoms with Gasteiger partial charge in [0.1, 0.15) is 5.78 Å². The molecule has 0 radical (unpaired) electrons. The first kappa shape index (κ1) is 46.3. The number of allylic oxidation sites excluding steroid dienone is 3. The number of aliphatic imine (C=N–C) groups is 1. The van der Waals surface area contributed by atoms with Crippen molar-refractivity contribution in [2.24, 2.45) is 92.4 Å². The highest BCUT2D eigenvalue weighted by Crippen LogP contribution is 2.72. The molecule has 63 heavy (non-hydrogen) atoms. The summed E-state index contributed by atoms with van der Waals surface area (Å²) in [4.78, 5) is 44.6. The zero-order valence-electron chi connectivity index (χ0n) is 38.2. The molecule has 13 nitrogen and oxygen atoms in total. The predicted octanol–water partition coefficient (Wildman–Crippen LogP) is 3.68. The number of fused-ring (bicyclic) bond motifs is 10. The third-order valence-electron chi connectivity index (χ3n) is 18.5. The molecule has 0 aromatic rings. The van der Waals surface area contributed by atoms with Gasteiger partial charge in [0.25, 0.3) is 0 Å². The first-order valence-electron chi connectivity index (χ1n) is 24.1. The van der Waals surface area contributed by atoms with Gasteiger partial charge in [0.15, 0.2) is 11.7 Å². The average molecular weight is 875 g/mol. The van der Waals surface area contributed by atoms with Crippen LogP contribution in [0.5, 0.6) is 0 Å². The van der Waals surface area contributed by atoms with Crippen LogP contribution < -0.4 is 16.8 Å². The maximum absolute atomic E-state index is 14.9. The maximum Gasteiger partial charge on any atom is 0.306 e. The van der Waals surface area contributed by atoms with Crippen LogP contribution in [-0.2, 0) is 19.1 Å². The van der Waals surface area contributed by atoms with Crippen molar-refractivity contribution in [1.82, 2.24) is 5.32 Å². The number of hydrogen-bond donors (Lipinski definition) is 8. The van der Waals surface area contributed by atoms with E-state index in [4.69, 9.17) is 16.2 Å². The van der Waals surface area contributed by atoms with Gasteiger partial charge >= 0.3 is 5.97 Å². The molecule has 18 atom stereocenters. The molecule has 0 spiro atoms. The summed E-state index contributed by atoms with van der Waals surface area (Å²) >= 11 is 0. The minimum Gasteiger partial charge on any atom is -0.465 e. The van der Waals surface area contributed by atoms with Gasteiger partial charge in [-0.1, -0.05) is 38.3 Å². The highest BCUT2D eigenvalue weighted by molar-refractivity contribution is 6.00. The predicted molar refractivity (Wildman–Crippen MR) is 237 cm³/mol. The lowest BCUT2D eigenvalue weighted by Crippen LogP contribution is -2.65. The van der Waals surface area contributed by atoms with E-state index < -0.39 is 64.0 Å². The van der Waals surface area contributed by atoms with E-state index >= 15 is 0 Å². The molecule has 0 bridgehead atoms. The number of carbonyl (C=O) groups is 3. The fraction of sp³-hybridized carbons (Fsp3) is 0.800. The zero-order chi connectivity index (χ0) is 45.4. The van der Waals surface area contributed by atoms with Crippen molar-refractivity contribution in [3.63, 3.8) is 0 Å². The highest BCUT2D eigenvalue weighted by Gasteiger charge is 2.74. The SMILES string of the molecule is CC(=O)CNC1=C2[C@H](CC[C@]3(CCN=C(N)N)[C@@H]4[C@@H](CC#C[C@H]([C@H]5COC(=O)C5)C[C@@H]5[C@@H](CC=C6CC[C@H](C)C[C@H]65)[C@H](C)C[C@@H](O)[C@]4(C)O)C[C@@]23O)[C@@]2(C)C[C@H](O)[C@H](O)C[C@H]2C1=O. The van der Waals surface area contributed by atoms with Gasteiger partial charge in [0, 0.05) is 42.1 Å². The zero-order valence-corrected chi connectivity index (χ0v) is 38.2. The van der Waals surface area contributed by atoms with E-state index in [1.165, 1.54) is 18.9 Å². The molecular weight excluding hydrogens is 801 g/mol. The topological polar surface area (TPSA) is 238 Å². The molecule has 5 fully saturated rings. The summed E-state index contributed by atoms with van der Waals surface area (Å²) in [5, 5.41) is 65.3. The van der Waals surface area contributed by atoms with E-state index in [0.29, 0.717) is 55.6 Å². The average Bonchev–Trinajstić information content (AvgIpc) is 3.76. The smallest absolute Gasteiger partial charge is 0.306 e. The summed E-state index contributed by atoms with van der Waals surface area (Å²) < 4.78 is 5.57. The lowest BCUT2D eigenvalue weighted by atomic mass is 9.44. The number of esters is 1. The van der Waals surface area contributed by atoms with E-state index in [1.807, 2.05) is 6.92 Å². The number of aliphatic hydroxyl groups is 5. The van der Waals surface area contributed by atoms with E-state index in [2.05, 4.69) is 42.1 Å². The van der Waals surface area contributed by atoms with Crippen molar-refractivity contribution in [2.75, 3.05) is 19.7 Å². The van der Waals surface area contributed by atoms with Crippen LogP contribution in [0.3, 0.4) is 0 Å². The Hall–Kier alpha value is -3.28. The molecule has 0 unspecified atom stereocenters. The molecule has 1 saturated heterocycles. The number of aliphatic hydroxyl groups excluding tert-OH is 3. The largest absolute Gasteiger partial charge is 0.465 e. The van der Waals surface area contributed by atoms with Crippen molar-refractivity contribution >= 4 is 23.5 Å². The molecule has 0 amide bonds. The van der Waals surface area contributed by atoms with Crippen molar-refractivity contribution < 1.29 is 44.7 Å². The van der Waals surface area contributed by atoms with Crippen LogP contribution in [-0.4, -0.2) is 98.2 Å². The monoisotopic (exact) mass is 875 g/mol. The van der Waals surface area contributed by atoms with E-state index in [-0.39, 0.29) is 98.1 Å². The number of rotatable bonds is 7. The molecule has 1 aliphatic heterocycles. The summed E-state index contributed by atoms with van der Waals surface area (Å²) in [6.45, 7) is 9.95. The summed E-state index contributed by atoms with van der Waals surface area (Å²) in [6, 6.07) is 0. The van der Waals surface area contributed by atoms with Gasteiger partial charge in [-0.25, -0.2) is 0 Å². The fourth-order valence-electron chi connectivity index (χ4n) is 15.5. The Balaban J connectivity index is 1.29. The molecule has 10 N–H and O–H groups in total. The number of nitrogens with zero attached hydrogens (tertiary/aromatic N) is 1. The summed E-state index contributed by atoms with van der Waals surface area (Å²) in [6.07, 6.45) is 6.48. The van der Waals surface area contributed by atoms with Crippen LogP contribution in [0.15, 0.2) is 27.9 Å². The van der Waals surface area contributed by atoms with Gasteiger partial charge in [-0.15, -0.1) is 5.92 Å².